The van der Waals surface area contributed by atoms with Crippen molar-refractivity contribution < 1.29 is 8.83 Å². The van der Waals surface area contributed by atoms with Crippen LogP contribution in [0.1, 0.15) is 109 Å². The fraction of sp³-hybridized carbons (Fsp3) is 0.250. The van der Waals surface area contributed by atoms with Gasteiger partial charge in [-0.2, -0.15) is 0 Å². The summed E-state index contributed by atoms with van der Waals surface area (Å²) in [7, 11) is 2.44. The number of benzene rings is 8. The van der Waals surface area contributed by atoms with Crippen molar-refractivity contribution in [1.82, 2.24) is 4.57 Å². The van der Waals surface area contributed by atoms with Gasteiger partial charge in [0, 0.05) is 65.9 Å². The molecule has 0 saturated heterocycles. The van der Waals surface area contributed by atoms with Gasteiger partial charge in [0.1, 0.15) is 22.3 Å². The molecule has 0 spiro atoms. The van der Waals surface area contributed by atoms with Crippen LogP contribution in [0.5, 0.6) is 0 Å². The first-order chi connectivity index (χ1) is 32.9. The van der Waals surface area contributed by atoms with E-state index in [1.807, 2.05) is 0 Å². The maximum atomic E-state index is 6.61. The fourth-order valence-corrected chi connectivity index (χ4v) is 12.9. The van der Waals surface area contributed by atoms with E-state index in [2.05, 4.69) is 214 Å². The lowest BCUT2D eigenvalue weighted by molar-refractivity contribution is 0.331. The first-order valence-corrected chi connectivity index (χ1v) is 24.9. The number of aryl methyl sites for hydroxylation is 1. The number of nitrogens with zero attached hydrogens (tertiary/aromatic N) is 1. The summed E-state index contributed by atoms with van der Waals surface area (Å²) >= 11 is 0. The second-order valence-electron chi connectivity index (χ2n) is 23.6. The molecule has 0 amide bonds. The summed E-state index contributed by atoms with van der Waals surface area (Å²) in [6.07, 6.45) is 2.37. The minimum Gasteiger partial charge on any atom is -0.456 e. The van der Waals surface area contributed by atoms with Crippen molar-refractivity contribution in [3.05, 3.63) is 161 Å². The minimum absolute atomic E-state index is 0.0547. The van der Waals surface area contributed by atoms with Crippen LogP contribution in [-0.2, 0) is 21.7 Å². The van der Waals surface area contributed by atoms with Crippen molar-refractivity contribution in [3.63, 3.8) is 0 Å². The summed E-state index contributed by atoms with van der Waals surface area (Å²) < 4.78 is 15.8. The van der Waals surface area contributed by atoms with Crippen LogP contribution in [-0.4, -0.2) is 11.8 Å². The van der Waals surface area contributed by atoms with E-state index in [9.17, 15) is 0 Å². The van der Waals surface area contributed by atoms with Gasteiger partial charge >= 0.3 is 0 Å². The Morgan fingerprint density at radius 2 is 1.16 bits per heavy atom. The van der Waals surface area contributed by atoms with Gasteiger partial charge < -0.3 is 18.7 Å². The molecule has 0 atom stereocenters. The number of anilines is 2. The van der Waals surface area contributed by atoms with Crippen LogP contribution in [0.15, 0.2) is 136 Å². The number of para-hydroxylation sites is 2. The van der Waals surface area contributed by atoms with E-state index in [4.69, 9.17) is 8.83 Å². The molecule has 1 radical (unpaired) electrons. The third-order valence-corrected chi connectivity index (χ3v) is 16.9. The number of aromatic nitrogens is 1. The molecule has 69 heavy (non-hydrogen) atoms. The van der Waals surface area contributed by atoms with Gasteiger partial charge in [0.2, 0.25) is 0 Å². The lowest BCUT2D eigenvalue weighted by atomic mass is 9.58. The molecule has 1 N–H and O–H groups in total. The summed E-state index contributed by atoms with van der Waals surface area (Å²) in [4.78, 5) is 0. The molecule has 2 aliphatic carbocycles. The van der Waals surface area contributed by atoms with Gasteiger partial charge in [-0.05, 0) is 158 Å². The zero-order chi connectivity index (χ0) is 47.3. The Kier molecular flexibility index (Phi) is 7.98. The monoisotopic (exact) mass is 895 g/mol. The highest BCUT2D eigenvalue weighted by Crippen LogP contribution is 2.56. The zero-order valence-electron chi connectivity index (χ0n) is 41.4. The smallest absolute Gasteiger partial charge is 0.198 e. The van der Waals surface area contributed by atoms with Gasteiger partial charge in [0.25, 0.3) is 0 Å². The molecule has 11 aromatic rings. The van der Waals surface area contributed by atoms with Crippen molar-refractivity contribution in [3.8, 4) is 27.9 Å². The van der Waals surface area contributed by atoms with Gasteiger partial charge in [-0.3, -0.25) is 0 Å². The highest BCUT2D eigenvalue weighted by atomic mass is 16.3. The van der Waals surface area contributed by atoms with Crippen LogP contribution in [0.2, 0.25) is 0 Å². The topological polar surface area (TPSA) is 43.2 Å². The van der Waals surface area contributed by atoms with Gasteiger partial charge in [0.05, 0.1) is 5.52 Å². The Bertz CT molecular complexity index is 4090. The Morgan fingerprint density at radius 3 is 1.84 bits per heavy atom. The molecule has 0 saturated carbocycles. The molecule has 4 nitrogen and oxygen atoms in total. The summed E-state index contributed by atoms with van der Waals surface area (Å²) in [5, 5.41) is 11.0. The standard InChI is InChI=1S/C64H56BN2O2/c1-34-25-44(41-26-39-40-27-48-49(63(7,8)24-23-62(48,5)6)31-46(40)64(9,10)47(39)32-51(41)66-36-21-19-35(20-22-36)61(2,3)4)59-60-58(34)45-30-56-42(37-15-11-13-17-54(37)68-56)28-52(45)67(60)53-29-43-38-16-12-14-18-55(38)69-57(43)33-50(53)65-59/h11-22,25-33,66H,23-24H2,1-10H3. The molecule has 337 valence electrons. The molecule has 3 aliphatic rings. The average molecular weight is 896 g/mol. The van der Waals surface area contributed by atoms with Crippen LogP contribution in [0.4, 0.5) is 11.4 Å². The molecule has 8 aromatic carbocycles. The molecule has 1 aliphatic heterocycles. The number of nitrogens with one attached hydrogen (secondary N) is 1. The highest BCUT2D eigenvalue weighted by molar-refractivity contribution is 6.74. The largest absolute Gasteiger partial charge is 0.456 e. The van der Waals surface area contributed by atoms with Crippen LogP contribution in [0, 0.1) is 6.92 Å². The van der Waals surface area contributed by atoms with Gasteiger partial charge in [-0.15, -0.1) is 0 Å². The summed E-state index contributed by atoms with van der Waals surface area (Å²) in [5.74, 6) is 0. The van der Waals surface area contributed by atoms with Crippen LogP contribution in [0.3, 0.4) is 0 Å². The maximum Gasteiger partial charge on any atom is 0.198 e. The zero-order valence-corrected chi connectivity index (χ0v) is 41.4. The maximum absolute atomic E-state index is 6.61. The predicted octanol–water partition coefficient (Wildman–Crippen LogP) is 16.2. The Labute approximate surface area is 404 Å². The average Bonchev–Trinajstić information content (AvgIpc) is 4.03. The predicted molar refractivity (Wildman–Crippen MR) is 292 cm³/mol. The lowest BCUT2D eigenvalue weighted by Gasteiger charge is -2.42. The molecule has 0 unspecified atom stereocenters. The van der Waals surface area contributed by atoms with Gasteiger partial charge in [-0.1, -0.05) is 128 Å². The molecule has 0 fully saturated rings. The van der Waals surface area contributed by atoms with Crippen molar-refractivity contribution in [2.75, 3.05) is 5.32 Å². The first-order valence-electron chi connectivity index (χ1n) is 24.9. The van der Waals surface area contributed by atoms with Gasteiger partial charge in [-0.25, -0.2) is 0 Å². The number of hydrogen-bond acceptors (Lipinski definition) is 3. The number of furan rings is 2. The van der Waals surface area contributed by atoms with E-state index in [1.165, 1.54) is 95.7 Å². The molecular weight excluding hydrogens is 840 g/mol. The second kappa shape index (κ2) is 13.4. The molecule has 3 aromatic heterocycles. The highest BCUT2D eigenvalue weighted by Gasteiger charge is 2.43. The van der Waals surface area contributed by atoms with Crippen molar-refractivity contribution in [1.29, 1.82) is 0 Å². The summed E-state index contributed by atoms with van der Waals surface area (Å²) in [5.41, 5.74) is 25.2. The first kappa shape index (κ1) is 41.0. The summed E-state index contributed by atoms with van der Waals surface area (Å²) in [6.45, 7) is 23.8. The van der Waals surface area contributed by atoms with Crippen molar-refractivity contribution in [2.24, 2.45) is 0 Å². The Hall–Kier alpha value is -6.98. The van der Waals surface area contributed by atoms with E-state index in [0.29, 0.717) is 0 Å². The third kappa shape index (κ3) is 5.65. The number of hydrogen-bond donors (Lipinski definition) is 1. The fourth-order valence-electron chi connectivity index (χ4n) is 12.9. The van der Waals surface area contributed by atoms with E-state index >= 15 is 0 Å². The quantitative estimate of drug-likeness (QED) is 0.180. The van der Waals surface area contributed by atoms with E-state index in [-0.39, 0.29) is 21.7 Å². The molecular formula is C64H56BN2O2. The molecule has 5 heteroatoms. The number of fused-ring (bicyclic) bond motifs is 15. The van der Waals surface area contributed by atoms with Crippen LogP contribution >= 0.6 is 0 Å². The minimum atomic E-state index is -0.201. The number of rotatable bonds is 3. The van der Waals surface area contributed by atoms with E-state index < -0.39 is 0 Å². The van der Waals surface area contributed by atoms with Crippen molar-refractivity contribution in [2.45, 2.75) is 104 Å². The molecule has 4 heterocycles. The van der Waals surface area contributed by atoms with Crippen LogP contribution in [0.25, 0.3) is 93.6 Å². The summed E-state index contributed by atoms with van der Waals surface area (Å²) in [6, 6.07) is 47.9. The second-order valence-corrected chi connectivity index (χ2v) is 23.6. The van der Waals surface area contributed by atoms with Crippen molar-refractivity contribution >= 4 is 95.3 Å². The van der Waals surface area contributed by atoms with Crippen LogP contribution < -0.4 is 16.2 Å². The lowest BCUT2D eigenvalue weighted by Crippen LogP contribution is -2.37. The SMILES string of the molecule is Cc1cc(-c2cc3c(cc2Nc2ccc(C(C)(C)C)cc2)C(C)(C)c2cc4c(cc2-3)C(C)(C)CCC4(C)C)c2c3c1c1cc4oc5ccccc5c4cc1n3-c1cc3c(cc1[B]2)oc1ccccc13. The van der Waals surface area contributed by atoms with E-state index in [1.54, 1.807) is 0 Å². The molecule has 0 bridgehead atoms. The Morgan fingerprint density at radius 1 is 0.551 bits per heavy atom. The van der Waals surface area contributed by atoms with E-state index in [0.717, 1.165) is 66.4 Å². The Balaban J connectivity index is 1.08. The normalized spacial score (nSPS) is 16.3. The van der Waals surface area contributed by atoms with Gasteiger partial charge in [0.15, 0.2) is 7.28 Å². The third-order valence-electron chi connectivity index (χ3n) is 16.9. The molecule has 14 rings (SSSR count).